The summed E-state index contributed by atoms with van der Waals surface area (Å²) in [5.74, 6) is 0.912. The number of hydrogen-bond acceptors (Lipinski definition) is 5. The summed E-state index contributed by atoms with van der Waals surface area (Å²) < 4.78 is 35.1. The fourth-order valence-corrected chi connectivity index (χ4v) is 3.89. The number of rotatable bonds is 4. The van der Waals surface area contributed by atoms with Crippen molar-refractivity contribution in [2.75, 3.05) is 18.0 Å². The van der Waals surface area contributed by atoms with Gasteiger partial charge in [0.05, 0.1) is 9.92 Å². The molecule has 0 fully saturated rings. The smallest absolute Gasteiger partial charge is 0.231 e. The van der Waals surface area contributed by atoms with E-state index >= 15 is 0 Å². The van der Waals surface area contributed by atoms with Gasteiger partial charge in [-0.2, -0.15) is 0 Å². The van der Waals surface area contributed by atoms with Gasteiger partial charge in [-0.05, 0) is 30.3 Å². The van der Waals surface area contributed by atoms with E-state index in [0.717, 1.165) is 0 Å². The second kappa shape index (κ2) is 5.87. The highest BCUT2D eigenvalue weighted by atomic mass is 35.5. The molecule has 116 valence electrons. The average molecular weight is 360 g/mol. The standard InChI is InChI=1S/C14H11Cl2NO4S/c15-9-1-4-14(11(16)5-9)22(18,19)7-17-10-2-3-12-13(6-10)21-8-20-12/h1-6,17H,7-8H2. The molecule has 0 radical (unpaired) electrons. The predicted molar refractivity (Wildman–Crippen MR) is 84.7 cm³/mol. The molecule has 5 nitrogen and oxygen atoms in total. The van der Waals surface area contributed by atoms with Gasteiger partial charge in [0.2, 0.25) is 6.79 Å². The Morgan fingerprint density at radius 2 is 1.82 bits per heavy atom. The Kier molecular flexibility index (Phi) is 4.08. The summed E-state index contributed by atoms with van der Waals surface area (Å²) in [7, 11) is -3.59. The van der Waals surface area contributed by atoms with Crippen molar-refractivity contribution in [3.8, 4) is 11.5 Å². The Labute approximate surface area is 137 Å². The molecule has 3 rings (SSSR count). The highest BCUT2D eigenvalue weighted by molar-refractivity contribution is 7.91. The van der Waals surface area contributed by atoms with Crippen molar-refractivity contribution < 1.29 is 17.9 Å². The summed E-state index contributed by atoms with van der Waals surface area (Å²) in [5.41, 5.74) is 0.609. The summed E-state index contributed by atoms with van der Waals surface area (Å²) in [6.07, 6.45) is 0. The van der Waals surface area contributed by atoms with Gasteiger partial charge in [0, 0.05) is 16.8 Å². The first-order valence-electron chi connectivity index (χ1n) is 6.27. The Balaban J connectivity index is 1.77. The number of halogens is 2. The van der Waals surface area contributed by atoms with Crippen LogP contribution < -0.4 is 14.8 Å². The molecule has 2 aromatic carbocycles. The zero-order chi connectivity index (χ0) is 15.7. The first-order valence-corrected chi connectivity index (χ1v) is 8.68. The molecule has 0 aliphatic carbocycles. The summed E-state index contributed by atoms with van der Waals surface area (Å²) in [4.78, 5) is 0.0341. The highest BCUT2D eigenvalue weighted by Crippen LogP contribution is 2.34. The van der Waals surface area contributed by atoms with Crippen LogP contribution >= 0.6 is 23.2 Å². The van der Waals surface area contributed by atoms with Gasteiger partial charge in [-0.15, -0.1) is 0 Å². The van der Waals surface area contributed by atoms with Crippen molar-refractivity contribution in [1.82, 2.24) is 0 Å². The monoisotopic (exact) mass is 359 g/mol. The molecule has 0 saturated heterocycles. The maximum atomic E-state index is 12.3. The summed E-state index contributed by atoms with van der Waals surface area (Å²) in [5, 5.41) is 3.32. The molecule has 0 bridgehead atoms. The molecule has 0 atom stereocenters. The molecule has 1 aliphatic rings. The van der Waals surface area contributed by atoms with Crippen LogP contribution in [-0.2, 0) is 9.84 Å². The van der Waals surface area contributed by atoms with Gasteiger partial charge < -0.3 is 14.8 Å². The lowest BCUT2D eigenvalue weighted by atomic mass is 10.3. The van der Waals surface area contributed by atoms with Gasteiger partial charge in [-0.3, -0.25) is 0 Å². The maximum Gasteiger partial charge on any atom is 0.231 e. The number of ether oxygens (including phenoxy) is 2. The van der Waals surface area contributed by atoms with E-state index in [-0.39, 0.29) is 22.6 Å². The second-order valence-corrected chi connectivity index (χ2v) is 7.38. The third-order valence-corrected chi connectivity index (χ3v) is 5.28. The molecule has 8 heteroatoms. The Bertz CT molecular complexity index is 824. The summed E-state index contributed by atoms with van der Waals surface area (Å²) >= 11 is 11.7. The number of nitrogens with one attached hydrogen (secondary N) is 1. The maximum absolute atomic E-state index is 12.3. The third-order valence-electron chi connectivity index (χ3n) is 3.07. The first-order chi connectivity index (χ1) is 10.5. The largest absolute Gasteiger partial charge is 0.454 e. The van der Waals surface area contributed by atoms with Crippen LogP contribution in [0.15, 0.2) is 41.3 Å². The van der Waals surface area contributed by atoms with Gasteiger partial charge in [-0.1, -0.05) is 23.2 Å². The lowest BCUT2D eigenvalue weighted by Crippen LogP contribution is -2.15. The van der Waals surface area contributed by atoms with Crippen molar-refractivity contribution >= 4 is 38.7 Å². The van der Waals surface area contributed by atoms with E-state index in [1.165, 1.54) is 18.2 Å². The molecule has 22 heavy (non-hydrogen) atoms. The van der Waals surface area contributed by atoms with Crippen molar-refractivity contribution in [3.05, 3.63) is 46.4 Å². The fourth-order valence-electron chi connectivity index (χ4n) is 1.99. The molecule has 1 heterocycles. The SMILES string of the molecule is O=S(=O)(CNc1ccc2c(c1)OCO2)c1ccc(Cl)cc1Cl. The number of hydrogen-bond donors (Lipinski definition) is 1. The Hall–Kier alpha value is -1.63. The number of benzene rings is 2. The van der Waals surface area contributed by atoms with E-state index in [2.05, 4.69) is 5.32 Å². The van der Waals surface area contributed by atoms with Crippen molar-refractivity contribution in [2.45, 2.75) is 4.90 Å². The zero-order valence-electron chi connectivity index (χ0n) is 11.2. The minimum Gasteiger partial charge on any atom is -0.454 e. The van der Waals surface area contributed by atoms with Gasteiger partial charge >= 0.3 is 0 Å². The molecule has 0 unspecified atom stereocenters. The highest BCUT2D eigenvalue weighted by Gasteiger charge is 2.19. The summed E-state index contributed by atoms with van der Waals surface area (Å²) in [6.45, 7) is 0.164. The van der Waals surface area contributed by atoms with Crippen LogP contribution in [0.5, 0.6) is 11.5 Å². The minimum absolute atomic E-state index is 0.0341. The van der Waals surface area contributed by atoms with Crippen molar-refractivity contribution in [2.24, 2.45) is 0 Å². The number of anilines is 1. The van der Waals surface area contributed by atoms with Crippen molar-refractivity contribution in [3.63, 3.8) is 0 Å². The van der Waals surface area contributed by atoms with E-state index in [9.17, 15) is 8.42 Å². The Morgan fingerprint density at radius 1 is 1.05 bits per heavy atom. The van der Waals surface area contributed by atoms with Gasteiger partial charge in [-0.25, -0.2) is 8.42 Å². The zero-order valence-corrected chi connectivity index (χ0v) is 13.5. The van der Waals surface area contributed by atoms with Gasteiger partial charge in [0.1, 0.15) is 5.88 Å². The predicted octanol–water partition coefficient (Wildman–Crippen LogP) is 3.57. The van der Waals surface area contributed by atoms with Crippen LogP contribution in [-0.4, -0.2) is 21.1 Å². The van der Waals surface area contributed by atoms with Gasteiger partial charge in [0.25, 0.3) is 0 Å². The minimum atomic E-state index is -3.59. The second-order valence-electron chi connectivity index (χ2n) is 4.58. The van der Waals surface area contributed by atoms with Crippen LogP contribution in [0, 0.1) is 0 Å². The van der Waals surface area contributed by atoms with Gasteiger partial charge in [0.15, 0.2) is 21.3 Å². The van der Waals surface area contributed by atoms with Crippen LogP contribution in [0.1, 0.15) is 0 Å². The first kappa shape index (κ1) is 15.3. The molecule has 0 amide bonds. The lowest BCUT2D eigenvalue weighted by Gasteiger charge is -2.10. The average Bonchev–Trinajstić information content (AvgIpc) is 2.92. The van der Waals surface area contributed by atoms with Crippen LogP contribution in [0.25, 0.3) is 0 Å². The lowest BCUT2D eigenvalue weighted by molar-refractivity contribution is 0.174. The normalized spacial score (nSPS) is 13.2. The number of fused-ring (bicyclic) bond motifs is 1. The fraction of sp³-hybridized carbons (Fsp3) is 0.143. The molecule has 1 aliphatic heterocycles. The van der Waals surface area contributed by atoms with E-state index in [1.54, 1.807) is 18.2 Å². The topological polar surface area (TPSA) is 64.6 Å². The molecular weight excluding hydrogens is 349 g/mol. The van der Waals surface area contributed by atoms with Crippen LogP contribution in [0.3, 0.4) is 0 Å². The quantitative estimate of drug-likeness (QED) is 0.903. The molecule has 2 aromatic rings. The van der Waals surface area contributed by atoms with Crippen LogP contribution in [0.2, 0.25) is 10.0 Å². The molecule has 0 saturated carbocycles. The number of sulfone groups is 1. The molecular formula is C14H11Cl2NO4S. The van der Waals surface area contributed by atoms with E-state index in [4.69, 9.17) is 32.7 Å². The van der Waals surface area contributed by atoms with E-state index < -0.39 is 9.84 Å². The van der Waals surface area contributed by atoms with Crippen molar-refractivity contribution in [1.29, 1.82) is 0 Å². The Morgan fingerprint density at radius 3 is 2.59 bits per heavy atom. The molecule has 0 aromatic heterocycles. The van der Waals surface area contributed by atoms with E-state index in [1.807, 2.05) is 0 Å². The van der Waals surface area contributed by atoms with E-state index in [0.29, 0.717) is 22.2 Å². The van der Waals surface area contributed by atoms with Crippen LogP contribution in [0.4, 0.5) is 5.69 Å². The molecule has 1 N–H and O–H groups in total. The third kappa shape index (κ3) is 3.09. The molecule has 0 spiro atoms. The summed E-state index contributed by atoms with van der Waals surface area (Å²) in [6, 6.07) is 9.39.